The minimum absolute atomic E-state index is 0.143. The zero-order chi connectivity index (χ0) is 19.4. The van der Waals surface area contributed by atoms with Gasteiger partial charge >= 0.3 is 0 Å². The molecule has 0 saturated carbocycles. The summed E-state index contributed by atoms with van der Waals surface area (Å²) >= 11 is 0. The standard InChI is InChI=1S/C21H25NO4S/c1-16-6-3-9-20(12-16)26-15-18-7-5-11-22(14-18)27(24,25)21-10-4-8-19(13-21)17(2)23/h3-4,6,8-10,12-13,18H,5,7,11,14-15H2,1-2H3. The van der Waals surface area contributed by atoms with Gasteiger partial charge in [-0.3, -0.25) is 4.79 Å². The van der Waals surface area contributed by atoms with Crippen LogP contribution in [0.1, 0.15) is 35.7 Å². The van der Waals surface area contributed by atoms with Gasteiger partial charge in [0.15, 0.2) is 5.78 Å². The van der Waals surface area contributed by atoms with Crippen molar-refractivity contribution in [2.45, 2.75) is 31.6 Å². The molecule has 0 N–H and O–H groups in total. The molecule has 1 heterocycles. The van der Waals surface area contributed by atoms with Crippen LogP contribution in [0, 0.1) is 12.8 Å². The highest BCUT2D eigenvalue weighted by Gasteiger charge is 2.30. The molecule has 0 radical (unpaired) electrons. The van der Waals surface area contributed by atoms with Gasteiger partial charge in [0.1, 0.15) is 5.75 Å². The zero-order valence-corrected chi connectivity index (χ0v) is 16.5. The Labute approximate surface area is 161 Å². The number of nitrogens with zero attached hydrogens (tertiary/aromatic N) is 1. The first-order chi connectivity index (χ1) is 12.9. The fourth-order valence-corrected chi connectivity index (χ4v) is 4.93. The van der Waals surface area contributed by atoms with Gasteiger partial charge in [0.2, 0.25) is 10.0 Å². The number of carbonyl (C=O) groups excluding carboxylic acids is 1. The van der Waals surface area contributed by atoms with Crippen LogP contribution in [0.3, 0.4) is 0 Å². The lowest BCUT2D eigenvalue weighted by Crippen LogP contribution is -2.41. The smallest absolute Gasteiger partial charge is 0.243 e. The van der Waals surface area contributed by atoms with E-state index in [2.05, 4.69) is 0 Å². The Hall–Kier alpha value is -2.18. The molecule has 1 unspecified atom stereocenters. The minimum atomic E-state index is -3.62. The number of ketones is 1. The molecule has 6 heteroatoms. The summed E-state index contributed by atoms with van der Waals surface area (Å²) in [6.07, 6.45) is 1.73. The van der Waals surface area contributed by atoms with Crippen LogP contribution in [0.15, 0.2) is 53.4 Å². The van der Waals surface area contributed by atoms with E-state index in [9.17, 15) is 13.2 Å². The van der Waals surface area contributed by atoms with Crippen LogP contribution >= 0.6 is 0 Å². The summed E-state index contributed by atoms with van der Waals surface area (Å²) in [7, 11) is -3.62. The van der Waals surface area contributed by atoms with Crippen LogP contribution in [-0.4, -0.2) is 38.2 Å². The maximum absolute atomic E-state index is 13.0. The molecule has 1 atom stereocenters. The van der Waals surface area contributed by atoms with Gasteiger partial charge in [-0.05, 0) is 56.5 Å². The summed E-state index contributed by atoms with van der Waals surface area (Å²) in [5.41, 5.74) is 1.54. The Morgan fingerprint density at radius 3 is 2.70 bits per heavy atom. The second-order valence-corrected chi connectivity index (χ2v) is 9.02. The van der Waals surface area contributed by atoms with E-state index in [-0.39, 0.29) is 16.6 Å². The van der Waals surface area contributed by atoms with E-state index in [1.165, 1.54) is 17.3 Å². The molecule has 3 rings (SSSR count). The number of piperidine rings is 1. The molecule has 2 aromatic carbocycles. The normalized spacial score (nSPS) is 18.2. The molecule has 1 aliphatic heterocycles. The number of aryl methyl sites for hydroxylation is 1. The predicted octanol–water partition coefficient (Wildman–Crippen LogP) is 3.68. The van der Waals surface area contributed by atoms with Crippen molar-refractivity contribution >= 4 is 15.8 Å². The Balaban J connectivity index is 1.69. The molecule has 0 aromatic heterocycles. The number of hydrogen-bond acceptors (Lipinski definition) is 4. The third-order valence-corrected chi connectivity index (χ3v) is 6.70. The lowest BCUT2D eigenvalue weighted by Gasteiger charge is -2.32. The van der Waals surface area contributed by atoms with Crippen molar-refractivity contribution in [3.63, 3.8) is 0 Å². The summed E-state index contributed by atoms with van der Waals surface area (Å²) in [5, 5.41) is 0. The first kappa shape index (κ1) is 19.6. The van der Waals surface area contributed by atoms with Crippen LogP contribution in [0.2, 0.25) is 0 Å². The lowest BCUT2D eigenvalue weighted by molar-refractivity contribution is 0.101. The van der Waals surface area contributed by atoms with E-state index in [1.54, 1.807) is 18.2 Å². The fraction of sp³-hybridized carbons (Fsp3) is 0.381. The number of sulfonamides is 1. The van der Waals surface area contributed by atoms with E-state index in [0.29, 0.717) is 25.3 Å². The molecule has 5 nitrogen and oxygen atoms in total. The van der Waals surface area contributed by atoms with Crippen LogP contribution in [-0.2, 0) is 10.0 Å². The maximum atomic E-state index is 13.0. The van der Waals surface area contributed by atoms with Crippen LogP contribution < -0.4 is 4.74 Å². The van der Waals surface area contributed by atoms with E-state index >= 15 is 0 Å². The van der Waals surface area contributed by atoms with Crippen LogP contribution in [0.5, 0.6) is 5.75 Å². The van der Waals surface area contributed by atoms with Gasteiger partial charge in [-0.1, -0.05) is 24.3 Å². The van der Waals surface area contributed by atoms with Gasteiger partial charge in [0, 0.05) is 24.6 Å². The van der Waals surface area contributed by atoms with E-state index in [1.807, 2.05) is 31.2 Å². The second-order valence-electron chi connectivity index (χ2n) is 7.08. The molecule has 1 saturated heterocycles. The Morgan fingerprint density at radius 1 is 1.19 bits per heavy atom. The second kappa shape index (κ2) is 8.23. The molecule has 0 amide bonds. The Morgan fingerprint density at radius 2 is 1.96 bits per heavy atom. The molecule has 0 spiro atoms. The van der Waals surface area contributed by atoms with E-state index < -0.39 is 10.0 Å². The summed E-state index contributed by atoms with van der Waals surface area (Å²) in [4.78, 5) is 11.7. The van der Waals surface area contributed by atoms with Gasteiger partial charge < -0.3 is 4.74 Å². The van der Waals surface area contributed by atoms with Gasteiger partial charge in [0.25, 0.3) is 0 Å². The molecule has 144 valence electrons. The van der Waals surface area contributed by atoms with Gasteiger partial charge in [-0.2, -0.15) is 4.31 Å². The largest absolute Gasteiger partial charge is 0.493 e. The highest BCUT2D eigenvalue weighted by atomic mass is 32.2. The summed E-state index contributed by atoms with van der Waals surface area (Å²) in [6, 6.07) is 14.1. The van der Waals surface area contributed by atoms with Crippen LogP contribution in [0.25, 0.3) is 0 Å². The van der Waals surface area contributed by atoms with Gasteiger partial charge in [-0.25, -0.2) is 8.42 Å². The molecular formula is C21H25NO4S. The Bertz CT molecular complexity index is 923. The summed E-state index contributed by atoms with van der Waals surface area (Å²) < 4.78 is 33.4. The minimum Gasteiger partial charge on any atom is -0.493 e. The van der Waals surface area contributed by atoms with Crippen molar-refractivity contribution in [3.05, 3.63) is 59.7 Å². The third kappa shape index (κ3) is 4.76. The van der Waals surface area contributed by atoms with Crippen molar-refractivity contribution in [1.82, 2.24) is 4.31 Å². The predicted molar refractivity (Wildman–Crippen MR) is 105 cm³/mol. The molecule has 1 fully saturated rings. The number of benzene rings is 2. The molecule has 0 bridgehead atoms. The molecule has 0 aliphatic carbocycles. The van der Waals surface area contributed by atoms with Gasteiger partial charge in [-0.15, -0.1) is 0 Å². The van der Waals surface area contributed by atoms with Crippen LogP contribution in [0.4, 0.5) is 0 Å². The van der Waals surface area contributed by atoms with Crippen molar-refractivity contribution in [3.8, 4) is 5.75 Å². The first-order valence-electron chi connectivity index (χ1n) is 9.17. The number of ether oxygens (including phenoxy) is 1. The molecule has 1 aliphatic rings. The third-order valence-electron chi connectivity index (χ3n) is 4.84. The number of hydrogen-bond donors (Lipinski definition) is 0. The fourth-order valence-electron chi connectivity index (χ4n) is 3.33. The zero-order valence-electron chi connectivity index (χ0n) is 15.7. The molecule has 2 aromatic rings. The average molecular weight is 388 g/mol. The SMILES string of the molecule is CC(=O)c1cccc(S(=O)(=O)N2CCCC(COc3cccc(C)c3)C2)c1. The van der Waals surface area contributed by atoms with E-state index in [4.69, 9.17) is 4.74 Å². The lowest BCUT2D eigenvalue weighted by atomic mass is 10.0. The van der Waals surface area contributed by atoms with Crippen molar-refractivity contribution in [2.24, 2.45) is 5.92 Å². The van der Waals surface area contributed by atoms with Gasteiger partial charge in [0.05, 0.1) is 11.5 Å². The molecular weight excluding hydrogens is 362 g/mol. The average Bonchev–Trinajstić information content (AvgIpc) is 2.67. The first-order valence-corrected chi connectivity index (χ1v) is 10.6. The number of rotatable bonds is 6. The van der Waals surface area contributed by atoms with Crippen molar-refractivity contribution in [1.29, 1.82) is 0 Å². The quantitative estimate of drug-likeness (QED) is 0.710. The number of carbonyl (C=O) groups is 1. The summed E-state index contributed by atoms with van der Waals surface area (Å²) in [5.74, 6) is 0.810. The topological polar surface area (TPSA) is 63.7 Å². The highest BCUT2D eigenvalue weighted by Crippen LogP contribution is 2.25. The highest BCUT2D eigenvalue weighted by molar-refractivity contribution is 7.89. The maximum Gasteiger partial charge on any atom is 0.243 e. The Kier molecular flexibility index (Phi) is 5.97. The summed E-state index contributed by atoms with van der Waals surface area (Å²) in [6.45, 7) is 4.86. The monoisotopic (exact) mass is 387 g/mol. The number of Topliss-reactive ketones (excluding diaryl/α,β-unsaturated/α-hetero) is 1. The van der Waals surface area contributed by atoms with Crippen molar-refractivity contribution in [2.75, 3.05) is 19.7 Å². The van der Waals surface area contributed by atoms with Crippen molar-refractivity contribution < 1.29 is 17.9 Å². The molecule has 27 heavy (non-hydrogen) atoms. The van der Waals surface area contributed by atoms with E-state index in [0.717, 1.165) is 24.2 Å².